The summed E-state index contributed by atoms with van der Waals surface area (Å²) in [5.74, 6) is 0. The van der Waals surface area contributed by atoms with Crippen molar-refractivity contribution in [3.8, 4) is 0 Å². The molecular weight excluding hydrogens is 297 g/mol. The highest BCUT2D eigenvalue weighted by Gasteiger charge is 2.10. The van der Waals surface area contributed by atoms with Crippen LogP contribution < -0.4 is 0 Å². The highest BCUT2D eigenvalue weighted by Crippen LogP contribution is 2.22. The number of aromatic nitrogens is 2. The van der Waals surface area contributed by atoms with Crippen LogP contribution in [0.3, 0.4) is 0 Å². The van der Waals surface area contributed by atoms with Crippen molar-refractivity contribution in [2.75, 3.05) is 0 Å². The van der Waals surface area contributed by atoms with Gasteiger partial charge in [0.15, 0.2) is 0 Å². The van der Waals surface area contributed by atoms with Crippen LogP contribution >= 0.6 is 23.2 Å². The number of oxime groups is 1. The minimum Gasteiger partial charge on any atom is -0.365 e. The average molecular weight is 310 g/mol. The molecule has 0 fully saturated rings. The molecule has 6 heteroatoms. The Kier molecular flexibility index (Phi) is 5.21. The van der Waals surface area contributed by atoms with E-state index in [-0.39, 0.29) is 0 Å². The topological polar surface area (TPSA) is 39.4 Å². The first-order valence-electron chi connectivity index (χ1n) is 5.95. The van der Waals surface area contributed by atoms with Gasteiger partial charge >= 0.3 is 0 Å². The molecule has 0 spiro atoms. The van der Waals surface area contributed by atoms with Crippen LogP contribution in [0.1, 0.15) is 12.5 Å². The van der Waals surface area contributed by atoms with Crippen molar-refractivity contribution in [2.45, 2.75) is 13.5 Å². The zero-order chi connectivity index (χ0) is 14.4. The molecule has 1 heterocycles. The Morgan fingerprint density at radius 1 is 1.45 bits per heavy atom. The predicted molar refractivity (Wildman–Crippen MR) is 81.1 cm³/mol. The van der Waals surface area contributed by atoms with Crippen LogP contribution in [0.5, 0.6) is 0 Å². The van der Waals surface area contributed by atoms with Crippen molar-refractivity contribution in [2.24, 2.45) is 5.16 Å². The molecule has 4 nitrogen and oxygen atoms in total. The molecule has 0 radical (unpaired) electrons. The van der Waals surface area contributed by atoms with E-state index in [2.05, 4.69) is 10.1 Å². The largest absolute Gasteiger partial charge is 0.365 e. The molecule has 0 aliphatic rings. The fraction of sp³-hybridized carbons (Fsp3) is 0.143. The number of nitrogens with zero attached hydrogens (tertiary/aromatic N) is 3. The number of allylic oxidation sites excluding steroid dienone is 1. The lowest BCUT2D eigenvalue weighted by atomic mass is 10.1. The molecular formula is C14H13Cl2N3O. The smallest absolute Gasteiger partial charge is 0.117 e. The van der Waals surface area contributed by atoms with E-state index in [1.807, 2.05) is 23.8 Å². The van der Waals surface area contributed by atoms with Crippen molar-refractivity contribution < 1.29 is 4.84 Å². The fourth-order valence-electron chi connectivity index (χ4n) is 1.59. The average Bonchev–Trinajstić information content (AvgIpc) is 2.91. The molecule has 20 heavy (non-hydrogen) atoms. The van der Waals surface area contributed by atoms with E-state index in [0.717, 1.165) is 5.56 Å². The van der Waals surface area contributed by atoms with Crippen molar-refractivity contribution in [3.63, 3.8) is 0 Å². The van der Waals surface area contributed by atoms with Crippen LogP contribution in [0.4, 0.5) is 0 Å². The van der Waals surface area contributed by atoms with Gasteiger partial charge in [-0.1, -0.05) is 28.4 Å². The van der Waals surface area contributed by atoms with Gasteiger partial charge in [-0.05, 0) is 31.2 Å². The van der Waals surface area contributed by atoms with Crippen LogP contribution in [-0.2, 0) is 11.4 Å². The Labute approximate surface area is 127 Å². The molecule has 0 saturated heterocycles. The maximum atomic E-state index is 6.21. The molecule has 0 aliphatic carbocycles. The third-order valence-corrected chi connectivity index (χ3v) is 3.04. The summed E-state index contributed by atoms with van der Waals surface area (Å²) < 4.78 is 1.88. The van der Waals surface area contributed by atoms with Gasteiger partial charge < -0.3 is 9.40 Å². The Hall–Kier alpha value is -1.78. The molecule has 0 unspecified atom stereocenters. The third kappa shape index (κ3) is 3.85. The normalized spacial score (nSPS) is 12.1. The number of hydrogen-bond donors (Lipinski definition) is 0. The van der Waals surface area contributed by atoms with E-state index in [1.54, 1.807) is 30.7 Å². The highest BCUT2D eigenvalue weighted by atomic mass is 35.5. The van der Waals surface area contributed by atoms with Gasteiger partial charge in [0.2, 0.25) is 0 Å². The van der Waals surface area contributed by atoms with Crippen molar-refractivity contribution in [1.29, 1.82) is 0 Å². The van der Waals surface area contributed by atoms with Gasteiger partial charge in [0.05, 0.1) is 17.9 Å². The number of imidazole rings is 1. The van der Waals surface area contributed by atoms with Crippen molar-refractivity contribution >= 4 is 28.9 Å². The van der Waals surface area contributed by atoms with Gasteiger partial charge in [-0.25, -0.2) is 4.98 Å². The van der Waals surface area contributed by atoms with E-state index < -0.39 is 0 Å². The molecule has 2 rings (SSSR count). The predicted octanol–water partition coefficient (Wildman–Crippen LogP) is 4.14. The summed E-state index contributed by atoms with van der Waals surface area (Å²) >= 11 is 12.1. The second-order valence-corrected chi connectivity index (χ2v) is 4.82. The van der Waals surface area contributed by atoms with Crippen LogP contribution in [0, 0.1) is 0 Å². The minimum atomic E-state index is 0.499. The lowest BCUT2D eigenvalue weighted by Crippen LogP contribution is -2.11. The Bertz CT molecular complexity index is 621. The lowest BCUT2D eigenvalue weighted by Gasteiger charge is -2.09. The number of halogens is 2. The molecule has 104 valence electrons. The molecule has 0 saturated carbocycles. The lowest BCUT2D eigenvalue weighted by molar-refractivity contribution is 0.266. The van der Waals surface area contributed by atoms with Crippen molar-refractivity contribution in [1.82, 2.24) is 9.55 Å². The zero-order valence-electron chi connectivity index (χ0n) is 10.8. The number of benzene rings is 1. The van der Waals surface area contributed by atoms with Gasteiger partial charge in [0.25, 0.3) is 0 Å². The Balaban J connectivity index is 2.32. The van der Waals surface area contributed by atoms with Crippen LogP contribution in [-0.4, -0.2) is 15.3 Å². The first-order valence-corrected chi connectivity index (χ1v) is 6.71. The van der Waals surface area contributed by atoms with E-state index in [1.165, 1.54) is 6.26 Å². The van der Waals surface area contributed by atoms with Crippen LogP contribution in [0.25, 0.3) is 0 Å². The molecule has 2 aromatic rings. The SMILES string of the molecule is CC=CON=C(Cn1ccnc1)c1ccc(Cl)cc1Cl. The molecule has 0 aliphatic heterocycles. The second kappa shape index (κ2) is 7.12. The summed E-state index contributed by atoms with van der Waals surface area (Å²) in [6.07, 6.45) is 8.50. The van der Waals surface area contributed by atoms with Gasteiger partial charge in [-0.3, -0.25) is 0 Å². The summed E-state index contributed by atoms with van der Waals surface area (Å²) in [5, 5.41) is 5.21. The standard InChI is InChI=1S/C14H13Cl2N3O/c1-2-7-20-18-14(9-19-6-5-17-10-19)12-4-3-11(15)8-13(12)16/h2-8,10H,9H2,1H3. The van der Waals surface area contributed by atoms with Crippen LogP contribution in [0.2, 0.25) is 10.0 Å². The number of rotatable bonds is 5. The summed E-state index contributed by atoms with van der Waals surface area (Å²) in [6.45, 7) is 2.35. The molecule has 0 amide bonds. The van der Waals surface area contributed by atoms with E-state index in [4.69, 9.17) is 28.0 Å². The first-order chi connectivity index (χ1) is 9.70. The van der Waals surface area contributed by atoms with Crippen molar-refractivity contribution in [3.05, 3.63) is 64.9 Å². The number of hydrogen-bond acceptors (Lipinski definition) is 3. The maximum absolute atomic E-state index is 6.21. The first kappa shape index (κ1) is 14.6. The highest BCUT2D eigenvalue weighted by molar-refractivity contribution is 6.37. The quantitative estimate of drug-likeness (QED) is 0.473. The minimum absolute atomic E-state index is 0.499. The zero-order valence-corrected chi connectivity index (χ0v) is 12.3. The Morgan fingerprint density at radius 3 is 2.95 bits per heavy atom. The maximum Gasteiger partial charge on any atom is 0.117 e. The van der Waals surface area contributed by atoms with E-state index in [9.17, 15) is 0 Å². The third-order valence-electron chi connectivity index (χ3n) is 2.49. The molecule has 1 aromatic heterocycles. The second-order valence-electron chi connectivity index (χ2n) is 3.97. The van der Waals surface area contributed by atoms with Gasteiger partial charge in [0, 0.05) is 23.0 Å². The van der Waals surface area contributed by atoms with Gasteiger partial charge in [-0.15, -0.1) is 0 Å². The summed E-state index contributed by atoms with van der Waals surface area (Å²) in [7, 11) is 0. The molecule has 0 N–H and O–H groups in total. The fourth-order valence-corrected chi connectivity index (χ4v) is 2.11. The Morgan fingerprint density at radius 2 is 2.30 bits per heavy atom. The monoisotopic (exact) mass is 309 g/mol. The molecule has 0 bridgehead atoms. The summed E-state index contributed by atoms with van der Waals surface area (Å²) in [4.78, 5) is 9.12. The van der Waals surface area contributed by atoms with Crippen LogP contribution in [0.15, 0.2) is 54.4 Å². The summed E-state index contributed by atoms with van der Waals surface area (Å²) in [5.41, 5.74) is 1.46. The van der Waals surface area contributed by atoms with Gasteiger partial charge in [0.1, 0.15) is 12.0 Å². The summed E-state index contributed by atoms with van der Waals surface area (Å²) in [6, 6.07) is 5.26. The van der Waals surface area contributed by atoms with E-state index in [0.29, 0.717) is 22.3 Å². The molecule has 0 atom stereocenters. The molecule has 1 aromatic carbocycles. The van der Waals surface area contributed by atoms with E-state index >= 15 is 0 Å². The van der Waals surface area contributed by atoms with Gasteiger partial charge in [-0.2, -0.15) is 0 Å².